The quantitative estimate of drug-likeness (QED) is 0.675. The lowest BCUT2D eigenvalue weighted by Crippen LogP contribution is -2.31. The standard InChI is InChI=1S/C22H24N6O2/c1-5-30-17-11-9-16(10-12-17)20-19(15(4)23-22-25-26-27-28(20)22)21(29)24-18-8-6-7-13(2)14(18)3/h6-12,20H,5H2,1-4H3,(H,24,29)(H,23,25,27). The van der Waals surface area contributed by atoms with Gasteiger partial charge < -0.3 is 15.4 Å². The van der Waals surface area contributed by atoms with Gasteiger partial charge in [-0.2, -0.15) is 4.68 Å². The van der Waals surface area contributed by atoms with E-state index in [9.17, 15) is 4.79 Å². The SMILES string of the molecule is CCOc1ccc(C2C(C(=O)Nc3cccc(C)c3C)=C(C)Nc3nnnn32)cc1. The molecule has 4 rings (SSSR count). The Morgan fingerprint density at radius 3 is 2.67 bits per heavy atom. The van der Waals surface area contributed by atoms with Gasteiger partial charge in [0, 0.05) is 11.4 Å². The van der Waals surface area contributed by atoms with Gasteiger partial charge in [-0.1, -0.05) is 29.4 Å². The highest BCUT2D eigenvalue weighted by molar-refractivity contribution is 6.06. The van der Waals surface area contributed by atoms with Gasteiger partial charge in [0.25, 0.3) is 5.91 Å². The number of nitrogens with one attached hydrogen (secondary N) is 2. The van der Waals surface area contributed by atoms with Crippen molar-refractivity contribution in [3.63, 3.8) is 0 Å². The van der Waals surface area contributed by atoms with E-state index >= 15 is 0 Å². The average Bonchev–Trinajstić information content (AvgIpc) is 3.19. The predicted molar refractivity (Wildman–Crippen MR) is 114 cm³/mol. The van der Waals surface area contributed by atoms with Gasteiger partial charge in [-0.15, -0.1) is 0 Å². The molecule has 1 amide bonds. The van der Waals surface area contributed by atoms with Crippen LogP contribution in [0.3, 0.4) is 0 Å². The molecule has 0 aliphatic carbocycles. The number of aromatic nitrogens is 4. The van der Waals surface area contributed by atoms with Crippen LogP contribution in [0.5, 0.6) is 5.75 Å². The number of nitrogens with zero attached hydrogens (tertiary/aromatic N) is 4. The Labute approximate surface area is 174 Å². The number of tetrazole rings is 1. The monoisotopic (exact) mass is 404 g/mol. The highest BCUT2D eigenvalue weighted by Crippen LogP contribution is 2.35. The summed E-state index contributed by atoms with van der Waals surface area (Å²) in [5.74, 6) is 1.07. The lowest BCUT2D eigenvalue weighted by Gasteiger charge is -2.28. The predicted octanol–water partition coefficient (Wildman–Crippen LogP) is 3.62. The number of allylic oxidation sites excluding steroid dienone is 1. The summed E-state index contributed by atoms with van der Waals surface area (Å²) in [6.45, 7) is 8.41. The first kappa shape index (κ1) is 19.6. The molecule has 154 valence electrons. The third kappa shape index (κ3) is 3.52. The van der Waals surface area contributed by atoms with Crippen molar-refractivity contribution in [1.29, 1.82) is 0 Å². The number of carbonyl (C=O) groups is 1. The van der Waals surface area contributed by atoms with E-state index < -0.39 is 6.04 Å². The van der Waals surface area contributed by atoms with Gasteiger partial charge in [0.15, 0.2) is 0 Å². The molecule has 2 aromatic carbocycles. The minimum Gasteiger partial charge on any atom is -0.494 e. The van der Waals surface area contributed by atoms with Gasteiger partial charge >= 0.3 is 0 Å². The zero-order valence-electron chi connectivity index (χ0n) is 17.4. The fourth-order valence-electron chi connectivity index (χ4n) is 3.60. The highest BCUT2D eigenvalue weighted by atomic mass is 16.5. The molecule has 8 nitrogen and oxygen atoms in total. The Bertz CT molecular complexity index is 1120. The Hall–Kier alpha value is -3.68. The van der Waals surface area contributed by atoms with Crippen LogP contribution in [0.4, 0.5) is 11.6 Å². The summed E-state index contributed by atoms with van der Waals surface area (Å²) < 4.78 is 7.18. The molecule has 3 aromatic rings. The third-order valence-electron chi connectivity index (χ3n) is 5.32. The first-order valence-corrected chi connectivity index (χ1v) is 9.85. The number of rotatable bonds is 5. The summed E-state index contributed by atoms with van der Waals surface area (Å²) in [6.07, 6.45) is 0. The molecule has 2 N–H and O–H groups in total. The molecule has 30 heavy (non-hydrogen) atoms. The van der Waals surface area contributed by atoms with Gasteiger partial charge in [0.05, 0.1) is 12.2 Å². The van der Waals surface area contributed by atoms with Gasteiger partial charge in [-0.05, 0) is 73.0 Å². The van der Waals surface area contributed by atoms with Crippen molar-refractivity contribution in [1.82, 2.24) is 20.2 Å². The van der Waals surface area contributed by atoms with Crippen molar-refractivity contribution in [3.8, 4) is 5.75 Å². The molecular formula is C22H24N6O2. The fourth-order valence-corrected chi connectivity index (χ4v) is 3.60. The maximum absolute atomic E-state index is 13.4. The average molecular weight is 404 g/mol. The first-order chi connectivity index (χ1) is 14.5. The number of hydrogen-bond donors (Lipinski definition) is 2. The summed E-state index contributed by atoms with van der Waals surface area (Å²) in [5, 5.41) is 18.1. The number of ether oxygens (including phenoxy) is 1. The van der Waals surface area contributed by atoms with E-state index in [4.69, 9.17) is 4.74 Å². The van der Waals surface area contributed by atoms with E-state index in [-0.39, 0.29) is 5.91 Å². The van der Waals surface area contributed by atoms with Crippen LogP contribution in [-0.2, 0) is 4.79 Å². The smallest absolute Gasteiger partial charge is 0.255 e. The zero-order chi connectivity index (χ0) is 21.3. The summed E-state index contributed by atoms with van der Waals surface area (Å²) in [6, 6.07) is 13.0. The maximum atomic E-state index is 13.4. The minimum absolute atomic E-state index is 0.200. The zero-order valence-corrected chi connectivity index (χ0v) is 17.4. The van der Waals surface area contributed by atoms with Crippen molar-refractivity contribution >= 4 is 17.5 Å². The molecular weight excluding hydrogens is 380 g/mol. The maximum Gasteiger partial charge on any atom is 0.255 e. The molecule has 0 radical (unpaired) electrons. The molecule has 8 heteroatoms. The van der Waals surface area contributed by atoms with Crippen LogP contribution in [0.1, 0.15) is 36.6 Å². The van der Waals surface area contributed by atoms with Gasteiger partial charge in [-0.3, -0.25) is 4.79 Å². The van der Waals surface area contributed by atoms with Crippen molar-refractivity contribution in [3.05, 3.63) is 70.4 Å². The summed E-state index contributed by atoms with van der Waals surface area (Å²) in [7, 11) is 0. The molecule has 0 bridgehead atoms. The Morgan fingerprint density at radius 2 is 1.93 bits per heavy atom. The molecule has 1 unspecified atom stereocenters. The number of anilines is 2. The first-order valence-electron chi connectivity index (χ1n) is 9.85. The lowest BCUT2D eigenvalue weighted by atomic mass is 9.94. The number of fused-ring (bicyclic) bond motifs is 1. The van der Waals surface area contributed by atoms with E-state index in [2.05, 4.69) is 26.2 Å². The van der Waals surface area contributed by atoms with Crippen LogP contribution in [-0.4, -0.2) is 32.7 Å². The number of hydrogen-bond acceptors (Lipinski definition) is 6. The molecule has 0 saturated carbocycles. The molecule has 1 aliphatic heterocycles. The highest BCUT2D eigenvalue weighted by Gasteiger charge is 2.34. The van der Waals surface area contributed by atoms with E-state index in [1.807, 2.05) is 70.2 Å². The topological polar surface area (TPSA) is 94.0 Å². The van der Waals surface area contributed by atoms with Gasteiger partial charge in [-0.25, -0.2) is 0 Å². The van der Waals surface area contributed by atoms with Crippen LogP contribution < -0.4 is 15.4 Å². The Kier molecular flexibility index (Phi) is 5.22. The van der Waals surface area contributed by atoms with E-state index in [0.29, 0.717) is 23.8 Å². The normalized spacial score (nSPS) is 15.4. The van der Waals surface area contributed by atoms with E-state index in [0.717, 1.165) is 28.1 Å². The van der Waals surface area contributed by atoms with Crippen molar-refractivity contribution in [2.75, 3.05) is 17.2 Å². The molecule has 0 spiro atoms. The summed E-state index contributed by atoms with van der Waals surface area (Å²) in [4.78, 5) is 13.4. The number of carbonyl (C=O) groups excluding carboxylic acids is 1. The molecule has 1 aromatic heterocycles. The minimum atomic E-state index is -0.461. The number of benzene rings is 2. The van der Waals surface area contributed by atoms with E-state index in [1.165, 1.54) is 0 Å². The number of aryl methyl sites for hydroxylation is 1. The summed E-state index contributed by atoms with van der Waals surface area (Å²) >= 11 is 0. The Balaban J connectivity index is 1.74. The van der Waals surface area contributed by atoms with Crippen molar-refractivity contribution < 1.29 is 9.53 Å². The van der Waals surface area contributed by atoms with Crippen LogP contribution in [0, 0.1) is 13.8 Å². The second kappa shape index (κ2) is 7.98. The lowest BCUT2D eigenvalue weighted by molar-refractivity contribution is -0.113. The second-order valence-electron chi connectivity index (χ2n) is 7.22. The third-order valence-corrected chi connectivity index (χ3v) is 5.32. The largest absolute Gasteiger partial charge is 0.494 e. The van der Waals surface area contributed by atoms with Crippen LogP contribution in [0.2, 0.25) is 0 Å². The van der Waals surface area contributed by atoms with Crippen LogP contribution in [0.25, 0.3) is 0 Å². The molecule has 2 heterocycles. The fraction of sp³-hybridized carbons (Fsp3) is 0.273. The van der Waals surface area contributed by atoms with Gasteiger partial charge in [0.2, 0.25) is 5.95 Å². The molecule has 1 aliphatic rings. The molecule has 1 atom stereocenters. The molecule has 0 fully saturated rings. The van der Waals surface area contributed by atoms with Crippen molar-refractivity contribution in [2.45, 2.75) is 33.7 Å². The molecule has 0 saturated heterocycles. The van der Waals surface area contributed by atoms with Crippen molar-refractivity contribution in [2.24, 2.45) is 0 Å². The number of amides is 1. The second-order valence-corrected chi connectivity index (χ2v) is 7.22. The Morgan fingerprint density at radius 1 is 1.17 bits per heavy atom. The van der Waals surface area contributed by atoms with Crippen LogP contribution >= 0.6 is 0 Å². The van der Waals surface area contributed by atoms with E-state index in [1.54, 1.807) is 4.68 Å². The van der Waals surface area contributed by atoms with Crippen LogP contribution in [0.15, 0.2) is 53.7 Å². The summed E-state index contributed by atoms with van der Waals surface area (Å²) in [5.41, 5.74) is 5.09. The van der Waals surface area contributed by atoms with Gasteiger partial charge in [0.1, 0.15) is 11.8 Å².